The van der Waals surface area contributed by atoms with Gasteiger partial charge < -0.3 is 20.9 Å². The van der Waals surface area contributed by atoms with Crippen molar-refractivity contribution in [1.82, 2.24) is 9.80 Å². The lowest BCUT2D eigenvalue weighted by molar-refractivity contribution is -0.137. The van der Waals surface area contributed by atoms with Gasteiger partial charge in [-0.25, -0.2) is 4.79 Å². The summed E-state index contributed by atoms with van der Waals surface area (Å²) in [4.78, 5) is 17.4. The number of benzene rings is 2. The smallest absolute Gasteiger partial charge is 0.399 e. The number of nitrogens with zero attached hydrogens (tertiary/aromatic N) is 2. The van der Waals surface area contributed by atoms with Gasteiger partial charge in [0, 0.05) is 35.5 Å². The van der Waals surface area contributed by atoms with Crippen molar-refractivity contribution in [3.63, 3.8) is 0 Å². The van der Waals surface area contributed by atoms with Gasteiger partial charge in [-0.15, -0.1) is 0 Å². The number of amides is 2. The maximum Gasteiger partial charge on any atom is 0.417 e. The number of rotatable bonds is 6. The number of urea groups is 1. The maximum atomic E-state index is 13.3. The number of alkyl halides is 3. The van der Waals surface area contributed by atoms with Crippen LogP contribution in [0.1, 0.15) is 43.2 Å². The minimum absolute atomic E-state index is 0.0596. The molecule has 1 atom stereocenters. The molecule has 1 aliphatic heterocycles. The number of nitrogens with two attached hydrogens (primary N) is 1. The molecule has 0 bridgehead atoms. The normalized spacial score (nSPS) is 18.7. The largest absolute Gasteiger partial charge is 0.417 e. The van der Waals surface area contributed by atoms with E-state index < -0.39 is 22.8 Å². The highest BCUT2D eigenvalue weighted by atomic mass is 35.5. The molecule has 5 nitrogen and oxygen atoms in total. The molecule has 0 radical (unpaired) electrons. The molecule has 1 heterocycles. The van der Waals surface area contributed by atoms with Crippen molar-refractivity contribution < 1.29 is 18.0 Å². The van der Waals surface area contributed by atoms with Crippen LogP contribution in [0.25, 0.3) is 5.57 Å². The minimum atomic E-state index is -4.61. The average molecular weight is 541 g/mol. The predicted molar refractivity (Wildman–Crippen MR) is 139 cm³/mol. The Morgan fingerprint density at radius 1 is 1.14 bits per heavy atom. The number of nitrogens with one attached hydrogen (secondary N) is 1. The summed E-state index contributed by atoms with van der Waals surface area (Å²) in [6.07, 6.45) is 1.84. The molecule has 1 unspecified atom stereocenters. The molecule has 2 amide bonds. The van der Waals surface area contributed by atoms with Crippen LogP contribution >= 0.6 is 23.2 Å². The number of hydrogen-bond acceptors (Lipinski definition) is 3. The monoisotopic (exact) mass is 540 g/mol. The van der Waals surface area contributed by atoms with Gasteiger partial charge >= 0.3 is 12.2 Å². The van der Waals surface area contributed by atoms with E-state index in [0.717, 1.165) is 68.6 Å². The Hall–Kier alpha value is -2.42. The molecular weight excluding hydrogens is 512 g/mol. The van der Waals surface area contributed by atoms with Gasteiger partial charge in [0.2, 0.25) is 0 Å². The zero-order valence-corrected chi connectivity index (χ0v) is 21.3. The second-order valence-corrected chi connectivity index (χ2v) is 10.1. The Morgan fingerprint density at radius 2 is 1.89 bits per heavy atom. The van der Waals surface area contributed by atoms with E-state index in [9.17, 15) is 18.0 Å². The Balaban J connectivity index is 1.51. The first kappa shape index (κ1) is 26.6. The van der Waals surface area contributed by atoms with Crippen LogP contribution in [0.2, 0.25) is 10.0 Å². The molecule has 1 aliphatic carbocycles. The van der Waals surface area contributed by atoms with Crippen molar-refractivity contribution in [3.05, 3.63) is 63.6 Å². The zero-order chi connectivity index (χ0) is 25.9. The van der Waals surface area contributed by atoms with Gasteiger partial charge in [0.25, 0.3) is 0 Å². The van der Waals surface area contributed by atoms with Crippen LogP contribution in [0.15, 0.2) is 42.5 Å². The number of hydrogen-bond donors (Lipinski definition) is 2. The fraction of sp³-hybridized carbons (Fsp3) is 0.423. The van der Waals surface area contributed by atoms with Gasteiger partial charge in [0.15, 0.2) is 0 Å². The van der Waals surface area contributed by atoms with Crippen LogP contribution in [0, 0.1) is 0 Å². The lowest BCUT2D eigenvalue weighted by Gasteiger charge is -2.35. The van der Waals surface area contributed by atoms with Gasteiger partial charge in [-0.1, -0.05) is 29.3 Å². The molecule has 0 aromatic heterocycles. The summed E-state index contributed by atoms with van der Waals surface area (Å²) < 4.78 is 39.9. The van der Waals surface area contributed by atoms with E-state index in [4.69, 9.17) is 28.9 Å². The Labute approximate surface area is 219 Å². The number of anilines is 2. The summed E-state index contributed by atoms with van der Waals surface area (Å²) in [5.74, 6) is 0. The molecular formula is C26H29Cl2F3N4O. The highest BCUT2D eigenvalue weighted by Crippen LogP contribution is 2.37. The van der Waals surface area contributed by atoms with Crippen LogP contribution in [0.5, 0.6) is 0 Å². The second kappa shape index (κ2) is 11.3. The molecule has 0 spiro atoms. The van der Waals surface area contributed by atoms with E-state index in [1.54, 1.807) is 11.0 Å². The Kier molecular flexibility index (Phi) is 8.37. The highest BCUT2D eigenvalue weighted by Gasteiger charge is 2.34. The predicted octanol–water partition coefficient (Wildman–Crippen LogP) is 7.16. The van der Waals surface area contributed by atoms with Crippen LogP contribution in [0.3, 0.4) is 0 Å². The topological polar surface area (TPSA) is 61.6 Å². The van der Waals surface area contributed by atoms with Gasteiger partial charge in [-0.05, 0) is 92.7 Å². The first-order chi connectivity index (χ1) is 17.1. The van der Waals surface area contributed by atoms with E-state index in [-0.39, 0.29) is 11.7 Å². The van der Waals surface area contributed by atoms with Crippen molar-refractivity contribution in [3.8, 4) is 0 Å². The van der Waals surface area contributed by atoms with Crippen molar-refractivity contribution in [2.45, 2.75) is 44.3 Å². The number of carbonyl (C=O) groups is 1. The number of nitrogen functional groups attached to an aromatic ring is 1. The highest BCUT2D eigenvalue weighted by molar-refractivity contribution is 6.31. The summed E-state index contributed by atoms with van der Waals surface area (Å²) in [5.41, 5.74) is 7.70. The molecule has 1 saturated heterocycles. The lowest BCUT2D eigenvalue weighted by Crippen LogP contribution is -2.47. The van der Waals surface area contributed by atoms with E-state index in [1.807, 2.05) is 12.1 Å². The lowest BCUT2D eigenvalue weighted by atomic mass is 9.90. The summed E-state index contributed by atoms with van der Waals surface area (Å²) in [7, 11) is 0. The SMILES string of the molecule is Nc1cc(Cl)cc(C2=CCC(N(CCN3CCCC3)C(=O)Nc3ccc(Cl)c(C(F)(F)F)c3)CC2)c1. The number of allylic oxidation sites excluding steroid dienone is 1. The fourth-order valence-corrected chi connectivity index (χ4v) is 5.35. The van der Waals surface area contributed by atoms with Crippen LogP contribution in [-0.2, 0) is 6.18 Å². The third-order valence-electron chi connectivity index (χ3n) is 6.75. The van der Waals surface area contributed by atoms with E-state index in [1.165, 1.54) is 6.07 Å². The number of likely N-dealkylation sites (tertiary alicyclic amines) is 1. The standard InChI is InChI=1S/C26H29Cl2F3N4O/c27-19-13-18(14-20(32)15-19)17-3-6-22(7-4-17)35(12-11-34-9-1-2-10-34)25(36)33-21-5-8-24(28)23(16-21)26(29,30)31/h3,5,8,13-16,22H,1-2,4,6-7,9-12,32H2,(H,33,36). The third kappa shape index (κ3) is 6.66. The summed E-state index contributed by atoms with van der Waals surface area (Å²) in [6, 6.07) is 8.37. The first-order valence-electron chi connectivity index (χ1n) is 12.0. The Morgan fingerprint density at radius 3 is 2.53 bits per heavy atom. The summed E-state index contributed by atoms with van der Waals surface area (Å²) in [6.45, 7) is 3.20. The van der Waals surface area contributed by atoms with Crippen LogP contribution in [-0.4, -0.2) is 48.1 Å². The quantitative estimate of drug-likeness (QED) is 0.382. The molecule has 2 aliphatic rings. The number of carbonyl (C=O) groups excluding carboxylic acids is 1. The zero-order valence-electron chi connectivity index (χ0n) is 19.8. The first-order valence-corrected chi connectivity index (χ1v) is 12.8. The molecule has 2 aromatic carbocycles. The minimum Gasteiger partial charge on any atom is -0.399 e. The third-order valence-corrected chi connectivity index (χ3v) is 7.30. The van der Waals surface area contributed by atoms with Crippen LogP contribution < -0.4 is 11.1 Å². The molecule has 0 saturated carbocycles. The van der Waals surface area contributed by atoms with Crippen LogP contribution in [0.4, 0.5) is 29.3 Å². The molecule has 194 valence electrons. The molecule has 1 fully saturated rings. The van der Waals surface area contributed by atoms with Crippen molar-refractivity contribution in [2.75, 3.05) is 37.2 Å². The van der Waals surface area contributed by atoms with Gasteiger partial charge in [-0.2, -0.15) is 13.2 Å². The Bertz CT molecular complexity index is 1110. The fourth-order valence-electron chi connectivity index (χ4n) is 4.88. The molecule has 4 rings (SSSR count). The summed E-state index contributed by atoms with van der Waals surface area (Å²) in [5, 5.41) is 2.83. The van der Waals surface area contributed by atoms with E-state index in [0.29, 0.717) is 23.7 Å². The van der Waals surface area contributed by atoms with Crippen molar-refractivity contribution in [2.24, 2.45) is 0 Å². The van der Waals surface area contributed by atoms with Crippen molar-refractivity contribution >= 4 is 46.2 Å². The molecule has 2 aromatic rings. The average Bonchev–Trinajstić information content (AvgIpc) is 3.33. The van der Waals surface area contributed by atoms with Gasteiger partial charge in [0.05, 0.1) is 10.6 Å². The van der Waals surface area contributed by atoms with Gasteiger partial charge in [-0.3, -0.25) is 0 Å². The molecule has 3 N–H and O–H groups in total. The van der Waals surface area contributed by atoms with E-state index >= 15 is 0 Å². The van der Waals surface area contributed by atoms with E-state index in [2.05, 4.69) is 16.3 Å². The molecule has 36 heavy (non-hydrogen) atoms. The van der Waals surface area contributed by atoms with Crippen molar-refractivity contribution in [1.29, 1.82) is 0 Å². The van der Waals surface area contributed by atoms with Gasteiger partial charge in [0.1, 0.15) is 0 Å². The number of halogens is 5. The molecule has 10 heteroatoms. The maximum absolute atomic E-state index is 13.3. The summed E-state index contributed by atoms with van der Waals surface area (Å²) >= 11 is 11.9. The second-order valence-electron chi connectivity index (χ2n) is 9.30.